The summed E-state index contributed by atoms with van der Waals surface area (Å²) in [5.41, 5.74) is 13.9. The van der Waals surface area contributed by atoms with Crippen molar-refractivity contribution in [2.24, 2.45) is 0 Å². The summed E-state index contributed by atoms with van der Waals surface area (Å²) in [7, 11) is 0. The molecule has 1 aliphatic rings. The molecular weight excluding hydrogens is 256 g/mol. The summed E-state index contributed by atoms with van der Waals surface area (Å²) >= 11 is 0. The van der Waals surface area contributed by atoms with Crippen molar-refractivity contribution in [1.29, 1.82) is 0 Å². The Bertz CT molecular complexity index is 661. The van der Waals surface area contributed by atoms with Gasteiger partial charge in [0.05, 0.1) is 0 Å². The fourth-order valence-corrected chi connectivity index (χ4v) is 3.23. The molecule has 0 amide bonds. The summed E-state index contributed by atoms with van der Waals surface area (Å²) in [5.74, 6) is 0. The molecule has 0 spiro atoms. The van der Waals surface area contributed by atoms with Crippen molar-refractivity contribution in [1.82, 2.24) is 4.90 Å². The third-order valence-corrected chi connectivity index (χ3v) is 4.89. The molecular formula is C19H24N2. The quantitative estimate of drug-likeness (QED) is 0.842. The zero-order valence-corrected chi connectivity index (χ0v) is 13.2. The highest BCUT2D eigenvalue weighted by Gasteiger charge is 2.22. The van der Waals surface area contributed by atoms with Crippen molar-refractivity contribution < 1.29 is 0 Å². The van der Waals surface area contributed by atoms with Crippen molar-refractivity contribution in [2.45, 2.75) is 39.8 Å². The van der Waals surface area contributed by atoms with Crippen molar-refractivity contribution in [3.8, 4) is 0 Å². The lowest BCUT2D eigenvalue weighted by atomic mass is 9.95. The van der Waals surface area contributed by atoms with E-state index in [1.54, 1.807) is 0 Å². The number of benzene rings is 2. The van der Waals surface area contributed by atoms with Crippen LogP contribution in [-0.2, 0) is 13.0 Å². The van der Waals surface area contributed by atoms with E-state index in [1.165, 1.54) is 27.8 Å². The smallest absolute Gasteiger partial charge is 0.0350 e. The summed E-state index contributed by atoms with van der Waals surface area (Å²) in [5, 5.41) is 0. The number of anilines is 1. The molecule has 2 aromatic carbocycles. The predicted molar refractivity (Wildman–Crippen MR) is 89.3 cm³/mol. The van der Waals surface area contributed by atoms with Crippen LogP contribution in [0.25, 0.3) is 0 Å². The molecule has 2 heteroatoms. The highest BCUT2D eigenvalue weighted by atomic mass is 15.2. The molecule has 2 N–H and O–H groups in total. The van der Waals surface area contributed by atoms with E-state index in [0.717, 1.165) is 25.2 Å². The van der Waals surface area contributed by atoms with E-state index >= 15 is 0 Å². The first-order valence-electron chi connectivity index (χ1n) is 7.73. The van der Waals surface area contributed by atoms with E-state index < -0.39 is 0 Å². The Kier molecular flexibility index (Phi) is 3.73. The first-order valence-corrected chi connectivity index (χ1v) is 7.73. The molecule has 1 heterocycles. The number of rotatable bonds is 2. The number of nitrogens with two attached hydrogens (primary N) is 1. The molecule has 0 radical (unpaired) electrons. The van der Waals surface area contributed by atoms with Gasteiger partial charge < -0.3 is 5.73 Å². The molecule has 2 aromatic rings. The SMILES string of the molecule is Cc1ccc(C(C)N2CCc3c(N)cccc3C2)cc1C. The van der Waals surface area contributed by atoms with Gasteiger partial charge in [0.2, 0.25) is 0 Å². The summed E-state index contributed by atoms with van der Waals surface area (Å²) in [4.78, 5) is 2.55. The normalized spacial score (nSPS) is 16.5. The minimum atomic E-state index is 0.443. The van der Waals surface area contributed by atoms with Gasteiger partial charge >= 0.3 is 0 Å². The van der Waals surface area contributed by atoms with Gasteiger partial charge in [-0.25, -0.2) is 0 Å². The fourth-order valence-electron chi connectivity index (χ4n) is 3.23. The third kappa shape index (κ3) is 2.68. The van der Waals surface area contributed by atoms with Crippen LogP contribution < -0.4 is 5.73 Å². The maximum absolute atomic E-state index is 6.09. The Labute approximate surface area is 127 Å². The van der Waals surface area contributed by atoms with Crippen LogP contribution in [0.4, 0.5) is 5.69 Å². The summed E-state index contributed by atoms with van der Waals surface area (Å²) < 4.78 is 0. The number of nitrogen functional groups attached to an aromatic ring is 1. The molecule has 21 heavy (non-hydrogen) atoms. The van der Waals surface area contributed by atoms with Crippen LogP contribution in [-0.4, -0.2) is 11.4 Å². The molecule has 0 aliphatic carbocycles. The lowest BCUT2D eigenvalue weighted by Gasteiger charge is -2.34. The van der Waals surface area contributed by atoms with Gasteiger partial charge in [0.1, 0.15) is 0 Å². The van der Waals surface area contributed by atoms with Gasteiger partial charge in [0, 0.05) is 24.8 Å². The van der Waals surface area contributed by atoms with Gasteiger partial charge in [-0.2, -0.15) is 0 Å². The van der Waals surface area contributed by atoms with Crippen LogP contribution in [0.5, 0.6) is 0 Å². The predicted octanol–water partition coefficient (Wildman–Crippen LogP) is 4.00. The molecule has 1 unspecified atom stereocenters. The Balaban J connectivity index is 1.83. The number of nitrogens with zero attached hydrogens (tertiary/aromatic N) is 1. The maximum atomic E-state index is 6.09. The Morgan fingerprint density at radius 2 is 1.90 bits per heavy atom. The fraction of sp³-hybridized carbons (Fsp3) is 0.368. The molecule has 110 valence electrons. The van der Waals surface area contributed by atoms with Crippen LogP contribution >= 0.6 is 0 Å². The number of hydrogen-bond acceptors (Lipinski definition) is 2. The van der Waals surface area contributed by atoms with Crippen molar-refractivity contribution in [3.63, 3.8) is 0 Å². The average molecular weight is 280 g/mol. The van der Waals surface area contributed by atoms with Crippen LogP contribution in [0.3, 0.4) is 0 Å². The van der Waals surface area contributed by atoms with E-state index in [9.17, 15) is 0 Å². The molecule has 0 aromatic heterocycles. The number of aryl methyl sites for hydroxylation is 2. The second kappa shape index (κ2) is 5.53. The van der Waals surface area contributed by atoms with E-state index in [-0.39, 0.29) is 0 Å². The zero-order chi connectivity index (χ0) is 15.0. The first-order chi connectivity index (χ1) is 10.1. The Morgan fingerprint density at radius 1 is 1.10 bits per heavy atom. The Morgan fingerprint density at radius 3 is 2.67 bits per heavy atom. The van der Waals surface area contributed by atoms with Crippen LogP contribution in [0, 0.1) is 13.8 Å². The largest absolute Gasteiger partial charge is 0.398 e. The van der Waals surface area contributed by atoms with E-state index in [2.05, 4.69) is 56.0 Å². The van der Waals surface area contributed by atoms with Crippen molar-refractivity contribution in [2.75, 3.05) is 12.3 Å². The minimum absolute atomic E-state index is 0.443. The van der Waals surface area contributed by atoms with Crippen LogP contribution in [0.1, 0.15) is 40.8 Å². The second-order valence-corrected chi connectivity index (χ2v) is 6.23. The van der Waals surface area contributed by atoms with Crippen molar-refractivity contribution in [3.05, 3.63) is 64.2 Å². The lowest BCUT2D eigenvalue weighted by Crippen LogP contribution is -2.33. The van der Waals surface area contributed by atoms with E-state index in [4.69, 9.17) is 5.73 Å². The third-order valence-electron chi connectivity index (χ3n) is 4.89. The Hall–Kier alpha value is -1.80. The van der Waals surface area contributed by atoms with Gasteiger partial charge in [0.25, 0.3) is 0 Å². The molecule has 0 saturated carbocycles. The summed E-state index contributed by atoms with van der Waals surface area (Å²) in [6, 6.07) is 13.6. The van der Waals surface area contributed by atoms with Crippen molar-refractivity contribution >= 4 is 5.69 Å². The molecule has 1 atom stereocenters. The minimum Gasteiger partial charge on any atom is -0.398 e. The first kappa shape index (κ1) is 14.2. The van der Waals surface area contributed by atoms with E-state index in [1.807, 2.05) is 6.07 Å². The zero-order valence-electron chi connectivity index (χ0n) is 13.2. The molecule has 0 fully saturated rings. The molecule has 1 aliphatic heterocycles. The highest BCUT2D eigenvalue weighted by molar-refractivity contribution is 5.52. The molecule has 0 saturated heterocycles. The topological polar surface area (TPSA) is 29.3 Å². The molecule has 0 bridgehead atoms. The van der Waals surface area contributed by atoms with Crippen LogP contribution in [0.2, 0.25) is 0 Å². The standard InChI is InChI=1S/C19H24N2/c1-13-7-8-16(11-14(13)2)15(3)21-10-9-18-17(12-21)5-4-6-19(18)20/h4-8,11,15H,9-10,12,20H2,1-3H3. The van der Waals surface area contributed by atoms with Gasteiger partial charge in [-0.15, -0.1) is 0 Å². The van der Waals surface area contributed by atoms with Gasteiger partial charge in [0.15, 0.2) is 0 Å². The number of hydrogen-bond donors (Lipinski definition) is 1. The lowest BCUT2D eigenvalue weighted by molar-refractivity contribution is 0.192. The van der Waals surface area contributed by atoms with Gasteiger partial charge in [-0.1, -0.05) is 30.3 Å². The maximum Gasteiger partial charge on any atom is 0.0350 e. The summed E-state index contributed by atoms with van der Waals surface area (Å²) in [6.07, 6.45) is 1.05. The van der Waals surface area contributed by atoms with Gasteiger partial charge in [-0.05, 0) is 61.1 Å². The second-order valence-electron chi connectivity index (χ2n) is 6.23. The van der Waals surface area contributed by atoms with Gasteiger partial charge in [-0.3, -0.25) is 4.90 Å². The molecule has 3 rings (SSSR count). The number of fused-ring (bicyclic) bond motifs is 1. The molecule has 2 nitrogen and oxygen atoms in total. The van der Waals surface area contributed by atoms with E-state index in [0.29, 0.717) is 6.04 Å². The summed E-state index contributed by atoms with van der Waals surface area (Å²) in [6.45, 7) is 8.74. The average Bonchev–Trinajstić information content (AvgIpc) is 2.49. The highest BCUT2D eigenvalue weighted by Crippen LogP contribution is 2.30. The van der Waals surface area contributed by atoms with Crippen LogP contribution in [0.15, 0.2) is 36.4 Å². The monoisotopic (exact) mass is 280 g/mol.